The van der Waals surface area contributed by atoms with E-state index in [2.05, 4.69) is 95.2 Å². The fraction of sp³-hybridized carbons (Fsp3) is 0.467. The van der Waals surface area contributed by atoms with Crippen LogP contribution in [0.3, 0.4) is 0 Å². The first-order valence-electron chi connectivity index (χ1n) is 14.1. The predicted molar refractivity (Wildman–Crippen MR) is 166 cm³/mol. The Balaban J connectivity index is 1.45. The Morgan fingerprint density at radius 2 is 1.30 bits per heavy atom. The molecule has 40 heavy (non-hydrogen) atoms. The molecule has 2 aliphatic heterocycles. The molecule has 0 amide bonds. The van der Waals surface area contributed by atoms with Crippen LogP contribution in [0.4, 0.5) is 0 Å². The van der Waals surface area contributed by atoms with Gasteiger partial charge in [0.05, 0.1) is 31.8 Å². The van der Waals surface area contributed by atoms with E-state index in [1.807, 2.05) is 31.1 Å². The zero-order chi connectivity index (χ0) is 28.3. The second kappa shape index (κ2) is 14.3. The number of hydrogen-bond acceptors (Lipinski definition) is 10. The molecule has 10 heteroatoms. The van der Waals surface area contributed by atoms with Crippen molar-refractivity contribution in [2.75, 3.05) is 54.0 Å². The van der Waals surface area contributed by atoms with E-state index in [1.54, 1.807) is 0 Å². The summed E-state index contributed by atoms with van der Waals surface area (Å²) in [5, 5.41) is 10.5. The van der Waals surface area contributed by atoms with Crippen LogP contribution in [0.15, 0.2) is 80.6 Å². The Hall–Kier alpha value is -4.08. The van der Waals surface area contributed by atoms with Gasteiger partial charge >= 0.3 is 0 Å². The van der Waals surface area contributed by atoms with Crippen LogP contribution >= 0.6 is 0 Å². The van der Waals surface area contributed by atoms with Gasteiger partial charge < -0.3 is 20.0 Å². The van der Waals surface area contributed by atoms with E-state index in [9.17, 15) is 0 Å². The maximum atomic E-state index is 4.97. The van der Waals surface area contributed by atoms with E-state index in [1.165, 1.54) is 11.1 Å². The number of nitrogens with one attached hydrogen (secondary N) is 3. The first-order chi connectivity index (χ1) is 19.4. The Bertz CT molecular complexity index is 1190. The summed E-state index contributed by atoms with van der Waals surface area (Å²) in [6.07, 6.45) is 1.83. The fourth-order valence-electron chi connectivity index (χ4n) is 4.38. The lowest BCUT2D eigenvalue weighted by atomic mass is 10.1. The van der Waals surface area contributed by atoms with Crippen molar-refractivity contribution in [3.63, 3.8) is 0 Å². The molecule has 0 saturated heterocycles. The fourth-order valence-corrected chi connectivity index (χ4v) is 4.38. The van der Waals surface area contributed by atoms with Crippen molar-refractivity contribution in [3.05, 3.63) is 71.8 Å². The highest BCUT2D eigenvalue weighted by atomic mass is 15.4. The quantitative estimate of drug-likeness (QED) is 0.441. The molecule has 2 atom stereocenters. The van der Waals surface area contributed by atoms with E-state index in [0.29, 0.717) is 25.7 Å². The molecule has 2 aliphatic rings. The van der Waals surface area contributed by atoms with Crippen molar-refractivity contribution >= 4 is 23.8 Å². The summed E-state index contributed by atoms with van der Waals surface area (Å²) in [5.41, 5.74) is 2.59. The smallest absolute Gasteiger partial charge is 0.202 e. The van der Waals surface area contributed by atoms with Gasteiger partial charge in [-0.1, -0.05) is 60.7 Å². The first-order valence-corrected chi connectivity index (χ1v) is 14.1. The number of likely N-dealkylation sites (N-methyl/N-ethyl adjacent to an activating group) is 1. The highest BCUT2D eigenvalue weighted by Crippen LogP contribution is 2.07. The number of rotatable bonds is 8. The summed E-state index contributed by atoms with van der Waals surface area (Å²) in [5.74, 6) is 3.14. The predicted octanol–water partition coefficient (Wildman–Crippen LogP) is 2.22. The van der Waals surface area contributed by atoms with Crippen LogP contribution in [-0.4, -0.2) is 105 Å². The van der Waals surface area contributed by atoms with E-state index < -0.39 is 0 Å². The van der Waals surface area contributed by atoms with Gasteiger partial charge in [-0.3, -0.25) is 20.6 Å². The van der Waals surface area contributed by atoms with Crippen molar-refractivity contribution in [2.45, 2.75) is 38.8 Å². The molecule has 2 heterocycles. The van der Waals surface area contributed by atoms with Crippen LogP contribution in [0.1, 0.15) is 25.0 Å². The number of aliphatic imine (C=N–C) groups is 4. The molecule has 2 aromatic carbocycles. The molecular weight excluding hydrogens is 500 g/mol. The van der Waals surface area contributed by atoms with E-state index in [4.69, 9.17) is 20.0 Å². The molecule has 0 saturated carbocycles. The minimum Gasteiger partial charge on any atom is -0.349 e. The molecule has 0 spiro atoms. The van der Waals surface area contributed by atoms with Crippen molar-refractivity contribution < 1.29 is 0 Å². The zero-order valence-corrected chi connectivity index (χ0v) is 24.5. The van der Waals surface area contributed by atoms with E-state index in [-0.39, 0.29) is 12.1 Å². The lowest BCUT2D eigenvalue weighted by molar-refractivity contribution is 0.399. The van der Waals surface area contributed by atoms with Crippen LogP contribution in [-0.2, 0) is 12.8 Å². The van der Waals surface area contributed by atoms with Gasteiger partial charge in [0.15, 0.2) is 11.9 Å². The number of nitrogens with zero attached hydrogens (tertiary/aromatic N) is 7. The maximum Gasteiger partial charge on any atom is 0.202 e. The highest BCUT2D eigenvalue weighted by Gasteiger charge is 2.21. The van der Waals surface area contributed by atoms with Gasteiger partial charge in [-0.25, -0.2) is 9.98 Å². The molecule has 0 bridgehead atoms. The Morgan fingerprint density at radius 1 is 0.725 bits per heavy atom. The largest absolute Gasteiger partial charge is 0.349 e. The minimum atomic E-state index is 0.0744. The normalized spacial score (nSPS) is 18.9. The third-order valence-corrected chi connectivity index (χ3v) is 6.77. The Labute approximate surface area is 239 Å². The molecule has 0 aromatic heterocycles. The molecule has 4 rings (SSSR count). The maximum absolute atomic E-state index is 4.97. The SMILES string of the molecule is CC1CN=C(NCN(CCc2ccccc2)C2=NC(C)CN=C(N(C)C)N2)NC(N(C)CCc2ccccc2)=N1. The zero-order valence-electron chi connectivity index (χ0n) is 24.5. The molecule has 0 fully saturated rings. The Kier molecular flexibility index (Phi) is 10.4. The van der Waals surface area contributed by atoms with Gasteiger partial charge in [0.2, 0.25) is 11.9 Å². The summed E-state index contributed by atoms with van der Waals surface area (Å²) in [4.78, 5) is 25.7. The van der Waals surface area contributed by atoms with Gasteiger partial charge in [0.25, 0.3) is 0 Å². The topological polar surface area (TPSA) is 95.2 Å². The van der Waals surface area contributed by atoms with Crippen LogP contribution in [0, 0.1) is 0 Å². The van der Waals surface area contributed by atoms with Crippen LogP contribution in [0.25, 0.3) is 0 Å². The van der Waals surface area contributed by atoms with E-state index in [0.717, 1.165) is 43.8 Å². The average Bonchev–Trinajstić information content (AvgIpc) is 3.28. The monoisotopic (exact) mass is 544 g/mol. The summed E-state index contributed by atoms with van der Waals surface area (Å²) in [6.45, 7) is 7.60. The van der Waals surface area contributed by atoms with Gasteiger partial charge in [-0.15, -0.1) is 0 Å². The summed E-state index contributed by atoms with van der Waals surface area (Å²) < 4.78 is 0. The third-order valence-electron chi connectivity index (χ3n) is 6.77. The highest BCUT2D eigenvalue weighted by molar-refractivity contribution is 6.00. The number of hydrogen-bond donors (Lipinski definition) is 3. The van der Waals surface area contributed by atoms with Crippen LogP contribution in [0.2, 0.25) is 0 Å². The average molecular weight is 545 g/mol. The standard InChI is InChI=1S/C30H44N10/c1-23-20-31-27(36-29(34-23)39(5)18-16-25-12-8-6-9-13-25)33-22-40(19-17-26-14-10-7-11-15-26)30-35-24(2)21-32-28(37-30)38(3)4/h6-15,23-24H,16-22H2,1-5H3,(H,32,35,37)(H2,31,33,34,36). The van der Waals surface area contributed by atoms with Gasteiger partial charge in [-0.2, -0.15) is 0 Å². The molecule has 0 aliphatic carbocycles. The van der Waals surface area contributed by atoms with Crippen LogP contribution < -0.4 is 16.0 Å². The molecule has 214 valence electrons. The molecular formula is C30H44N10. The lowest BCUT2D eigenvalue weighted by Crippen LogP contribution is -2.54. The second-order valence-electron chi connectivity index (χ2n) is 10.6. The van der Waals surface area contributed by atoms with Crippen molar-refractivity contribution in [1.82, 2.24) is 30.7 Å². The second-order valence-corrected chi connectivity index (χ2v) is 10.6. The lowest BCUT2D eigenvalue weighted by Gasteiger charge is -2.29. The van der Waals surface area contributed by atoms with Gasteiger partial charge in [0, 0.05) is 34.2 Å². The number of guanidine groups is 4. The van der Waals surface area contributed by atoms with Gasteiger partial charge in [-0.05, 0) is 37.8 Å². The summed E-state index contributed by atoms with van der Waals surface area (Å²) >= 11 is 0. The Morgan fingerprint density at radius 3 is 1.93 bits per heavy atom. The molecule has 0 radical (unpaired) electrons. The third kappa shape index (κ3) is 8.72. The summed E-state index contributed by atoms with van der Waals surface area (Å²) in [7, 11) is 6.06. The minimum absolute atomic E-state index is 0.0744. The first kappa shape index (κ1) is 28.9. The van der Waals surface area contributed by atoms with Gasteiger partial charge in [0.1, 0.15) is 0 Å². The molecule has 2 aromatic rings. The van der Waals surface area contributed by atoms with Crippen molar-refractivity contribution in [2.24, 2.45) is 20.0 Å². The van der Waals surface area contributed by atoms with Crippen molar-refractivity contribution in [3.8, 4) is 0 Å². The van der Waals surface area contributed by atoms with Crippen LogP contribution in [0.5, 0.6) is 0 Å². The molecule has 2 unspecified atom stereocenters. The number of benzene rings is 2. The van der Waals surface area contributed by atoms with E-state index >= 15 is 0 Å². The summed E-state index contributed by atoms with van der Waals surface area (Å²) in [6, 6.07) is 21.2. The molecule has 3 N–H and O–H groups in total. The van der Waals surface area contributed by atoms with Crippen molar-refractivity contribution in [1.29, 1.82) is 0 Å². The molecule has 10 nitrogen and oxygen atoms in total.